The van der Waals surface area contributed by atoms with Crippen LogP contribution in [0.2, 0.25) is 0 Å². The number of hydrogen-bond acceptors (Lipinski definition) is 5. The Morgan fingerprint density at radius 1 is 1.00 bits per heavy atom. The highest BCUT2D eigenvalue weighted by Crippen LogP contribution is 2.24. The van der Waals surface area contributed by atoms with E-state index in [1.54, 1.807) is 38.1 Å². The number of aryl methyl sites for hydroxylation is 2. The zero-order chi connectivity index (χ0) is 16.3. The Labute approximate surface area is 129 Å². The van der Waals surface area contributed by atoms with E-state index in [-0.39, 0.29) is 16.2 Å². The van der Waals surface area contributed by atoms with Crippen molar-refractivity contribution in [2.45, 2.75) is 18.7 Å². The Morgan fingerprint density at radius 3 is 2.27 bits per heavy atom. The first-order valence-corrected chi connectivity index (χ1v) is 7.95. The molecule has 5 nitrogen and oxygen atoms in total. The average Bonchev–Trinajstić information content (AvgIpc) is 2.48. The highest BCUT2D eigenvalue weighted by atomic mass is 32.2. The fourth-order valence-electron chi connectivity index (χ4n) is 1.99. The smallest absolute Gasteiger partial charge is 0.339 e. The predicted molar refractivity (Wildman–Crippen MR) is 81.5 cm³/mol. The van der Waals surface area contributed by atoms with Crippen LogP contribution in [-0.2, 0) is 14.9 Å². The lowest BCUT2D eigenvalue weighted by atomic mass is 10.1. The van der Waals surface area contributed by atoms with Crippen molar-refractivity contribution >= 4 is 16.1 Å². The predicted octanol–water partition coefficient (Wildman–Crippen LogP) is 2.86. The second-order valence-electron chi connectivity index (χ2n) is 4.77. The Morgan fingerprint density at radius 2 is 1.68 bits per heavy atom. The molecule has 2 rings (SSSR count). The van der Waals surface area contributed by atoms with Gasteiger partial charge in [-0.25, -0.2) is 4.79 Å². The van der Waals surface area contributed by atoms with E-state index >= 15 is 0 Å². The Bertz CT molecular complexity index is 809. The lowest BCUT2D eigenvalue weighted by Crippen LogP contribution is -2.13. The molecule has 0 fully saturated rings. The van der Waals surface area contributed by atoms with Gasteiger partial charge in [0.25, 0.3) is 0 Å². The van der Waals surface area contributed by atoms with Crippen LogP contribution in [0.5, 0.6) is 5.75 Å². The van der Waals surface area contributed by atoms with Gasteiger partial charge in [0.05, 0.1) is 12.7 Å². The summed E-state index contributed by atoms with van der Waals surface area (Å²) in [5.41, 5.74) is 1.42. The van der Waals surface area contributed by atoms with Crippen molar-refractivity contribution in [3.8, 4) is 5.75 Å². The molecule has 2 aromatic rings. The molecule has 0 aromatic heterocycles. The number of esters is 1. The Hall–Kier alpha value is -2.34. The van der Waals surface area contributed by atoms with E-state index in [2.05, 4.69) is 4.74 Å². The van der Waals surface area contributed by atoms with Gasteiger partial charge < -0.3 is 8.92 Å². The number of carbonyl (C=O) groups is 1. The number of methoxy groups -OCH3 is 1. The molecule has 6 heteroatoms. The van der Waals surface area contributed by atoms with Gasteiger partial charge >= 0.3 is 16.1 Å². The summed E-state index contributed by atoms with van der Waals surface area (Å²) in [4.78, 5) is 11.5. The van der Waals surface area contributed by atoms with E-state index in [4.69, 9.17) is 4.18 Å². The van der Waals surface area contributed by atoms with Crippen LogP contribution in [0.15, 0.2) is 47.4 Å². The van der Waals surface area contributed by atoms with Gasteiger partial charge in [-0.05, 0) is 49.2 Å². The SMILES string of the molecule is COC(=O)c1ccc(S(=O)(=O)Oc2ccccc2C)c(C)c1. The third-order valence-corrected chi connectivity index (χ3v) is 4.55. The molecule has 0 aliphatic rings. The molecular weight excluding hydrogens is 304 g/mol. The summed E-state index contributed by atoms with van der Waals surface area (Å²) < 4.78 is 34.6. The van der Waals surface area contributed by atoms with Crippen molar-refractivity contribution in [2.24, 2.45) is 0 Å². The first kappa shape index (κ1) is 16.0. The van der Waals surface area contributed by atoms with Crippen LogP contribution in [0.1, 0.15) is 21.5 Å². The number of hydrogen-bond donors (Lipinski definition) is 0. The molecular formula is C16H16O5S. The van der Waals surface area contributed by atoms with Crippen molar-refractivity contribution < 1.29 is 22.1 Å². The molecule has 0 aliphatic heterocycles. The third-order valence-electron chi connectivity index (χ3n) is 3.16. The summed E-state index contributed by atoms with van der Waals surface area (Å²) in [6, 6.07) is 11.0. The molecule has 0 atom stereocenters. The molecule has 0 bridgehead atoms. The molecule has 0 saturated carbocycles. The topological polar surface area (TPSA) is 69.7 Å². The fraction of sp³-hybridized carbons (Fsp3) is 0.188. The molecule has 0 spiro atoms. The van der Waals surface area contributed by atoms with Crippen LogP contribution >= 0.6 is 0 Å². The van der Waals surface area contributed by atoms with E-state index in [9.17, 15) is 13.2 Å². The maximum absolute atomic E-state index is 12.4. The van der Waals surface area contributed by atoms with Gasteiger partial charge in [0.15, 0.2) is 0 Å². The van der Waals surface area contributed by atoms with Crippen LogP contribution in [0.4, 0.5) is 0 Å². The van der Waals surface area contributed by atoms with E-state index in [0.29, 0.717) is 5.56 Å². The number of carbonyl (C=O) groups excluding carboxylic acids is 1. The first-order valence-electron chi connectivity index (χ1n) is 6.54. The van der Waals surface area contributed by atoms with Gasteiger partial charge in [-0.1, -0.05) is 18.2 Å². The normalized spacial score (nSPS) is 11.0. The minimum Gasteiger partial charge on any atom is -0.465 e. The second-order valence-corrected chi connectivity index (χ2v) is 6.29. The quantitative estimate of drug-likeness (QED) is 0.640. The summed E-state index contributed by atoms with van der Waals surface area (Å²) in [5, 5.41) is 0. The van der Waals surface area contributed by atoms with Gasteiger partial charge in [-0.3, -0.25) is 0 Å². The monoisotopic (exact) mass is 320 g/mol. The summed E-state index contributed by atoms with van der Waals surface area (Å²) in [6.07, 6.45) is 0. The molecule has 0 unspecified atom stereocenters. The van der Waals surface area contributed by atoms with Crippen LogP contribution in [0, 0.1) is 13.8 Å². The average molecular weight is 320 g/mol. The molecule has 0 saturated heterocycles. The van der Waals surface area contributed by atoms with Gasteiger partial charge in [0.1, 0.15) is 10.6 Å². The molecule has 0 aliphatic carbocycles. The van der Waals surface area contributed by atoms with Crippen LogP contribution < -0.4 is 4.18 Å². The molecule has 0 radical (unpaired) electrons. The molecule has 2 aromatic carbocycles. The molecule has 0 amide bonds. The second kappa shape index (κ2) is 6.19. The Kier molecular flexibility index (Phi) is 4.51. The maximum Gasteiger partial charge on any atom is 0.339 e. The lowest BCUT2D eigenvalue weighted by molar-refractivity contribution is 0.0600. The van der Waals surface area contributed by atoms with E-state index in [1.807, 2.05) is 0 Å². The van der Waals surface area contributed by atoms with Crippen LogP contribution in [0.3, 0.4) is 0 Å². The molecule has 0 heterocycles. The third kappa shape index (κ3) is 3.28. The molecule has 22 heavy (non-hydrogen) atoms. The fourth-order valence-corrected chi connectivity index (χ4v) is 3.19. The lowest BCUT2D eigenvalue weighted by Gasteiger charge is -2.11. The minimum absolute atomic E-state index is 0.0170. The maximum atomic E-state index is 12.4. The van der Waals surface area contributed by atoms with Crippen molar-refractivity contribution in [1.82, 2.24) is 0 Å². The van der Waals surface area contributed by atoms with Gasteiger partial charge in [0, 0.05) is 0 Å². The van der Waals surface area contributed by atoms with Crippen molar-refractivity contribution in [3.05, 3.63) is 59.2 Å². The van der Waals surface area contributed by atoms with E-state index in [1.165, 1.54) is 25.3 Å². The largest absolute Gasteiger partial charge is 0.465 e. The van der Waals surface area contributed by atoms with Crippen molar-refractivity contribution in [2.75, 3.05) is 7.11 Å². The summed E-state index contributed by atoms with van der Waals surface area (Å²) >= 11 is 0. The van der Waals surface area contributed by atoms with Gasteiger partial charge in [-0.2, -0.15) is 8.42 Å². The van der Waals surface area contributed by atoms with E-state index < -0.39 is 16.1 Å². The standard InChI is InChI=1S/C16H16O5S/c1-11-6-4-5-7-14(11)21-22(18,19)15-9-8-13(10-12(15)2)16(17)20-3/h4-10H,1-3H3. The van der Waals surface area contributed by atoms with Gasteiger partial charge in [0.2, 0.25) is 0 Å². The molecule has 0 N–H and O–H groups in total. The summed E-state index contributed by atoms with van der Waals surface area (Å²) in [7, 11) is -2.70. The summed E-state index contributed by atoms with van der Waals surface area (Å²) in [6.45, 7) is 3.36. The Balaban J connectivity index is 2.38. The summed E-state index contributed by atoms with van der Waals surface area (Å²) in [5.74, 6) is -0.245. The minimum atomic E-state index is -3.97. The van der Waals surface area contributed by atoms with Gasteiger partial charge in [-0.15, -0.1) is 0 Å². The molecule has 116 valence electrons. The zero-order valence-electron chi connectivity index (χ0n) is 12.5. The number of rotatable bonds is 4. The number of benzene rings is 2. The van der Waals surface area contributed by atoms with Crippen molar-refractivity contribution in [1.29, 1.82) is 0 Å². The highest BCUT2D eigenvalue weighted by Gasteiger charge is 2.21. The van der Waals surface area contributed by atoms with Crippen LogP contribution in [-0.4, -0.2) is 21.5 Å². The zero-order valence-corrected chi connectivity index (χ0v) is 13.3. The number of ether oxygens (including phenoxy) is 1. The van der Waals surface area contributed by atoms with Crippen molar-refractivity contribution in [3.63, 3.8) is 0 Å². The van der Waals surface area contributed by atoms with E-state index in [0.717, 1.165) is 5.56 Å². The number of para-hydroxylation sites is 1. The van der Waals surface area contributed by atoms with Crippen LogP contribution in [0.25, 0.3) is 0 Å². The highest BCUT2D eigenvalue weighted by molar-refractivity contribution is 7.87. The first-order chi connectivity index (χ1) is 10.3.